The van der Waals surface area contributed by atoms with E-state index in [9.17, 15) is 19.7 Å². The van der Waals surface area contributed by atoms with E-state index in [0.717, 1.165) is 12.1 Å². The molecule has 1 amide bonds. The van der Waals surface area contributed by atoms with Gasteiger partial charge in [-0.15, -0.1) is 0 Å². The molecule has 2 aliphatic heterocycles. The molecular formula is C20H15N3O5. The Morgan fingerprint density at radius 3 is 2.39 bits per heavy atom. The maximum absolute atomic E-state index is 12.1. The average Bonchev–Trinajstić information content (AvgIpc) is 3.28. The fourth-order valence-electron chi connectivity index (χ4n) is 3.09. The molecule has 140 valence electrons. The van der Waals surface area contributed by atoms with Crippen LogP contribution in [-0.4, -0.2) is 29.2 Å². The van der Waals surface area contributed by atoms with E-state index in [1.165, 1.54) is 30.3 Å². The van der Waals surface area contributed by atoms with Crippen LogP contribution in [0.1, 0.15) is 24.0 Å². The number of carbonyl (C=O) groups excluding carboxylic acids is 2. The molecule has 1 saturated heterocycles. The first-order chi connectivity index (χ1) is 13.5. The zero-order valence-electron chi connectivity index (χ0n) is 14.7. The summed E-state index contributed by atoms with van der Waals surface area (Å²) in [5.41, 5.74) is 2.11. The standard InChI is InChI=1S/C20H15N3O5/c24-18-2-1-11-22(18)15-9-5-14(6-10-15)19-21-17(20(25)28-19)12-13-3-7-16(8-4-13)23(26)27/h3-10,12H,1-2,11H2. The van der Waals surface area contributed by atoms with E-state index in [1.807, 2.05) is 0 Å². The number of esters is 1. The number of cyclic esters (lactones) is 1. The zero-order chi connectivity index (χ0) is 19.7. The number of anilines is 1. The lowest BCUT2D eigenvalue weighted by Gasteiger charge is -2.15. The molecule has 2 aromatic rings. The molecule has 0 atom stereocenters. The quantitative estimate of drug-likeness (QED) is 0.353. The first-order valence-electron chi connectivity index (χ1n) is 8.69. The van der Waals surface area contributed by atoms with E-state index in [0.29, 0.717) is 24.1 Å². The number of benzene rings is 2. The minimum Gasteiger partial charge on any atom is -0.402 e. The molecule has 0 saturated carbocycles. The Kier molecular flexibility index (Phi) is 4.44. The maximum Gasteiger partial charge on any atom is 0.363 e. The number of carbonyl (C=O) groups is 2. The second-order valence-corrected chi connectivity index (χ2v) is 6.38. The van der Waals surface area contributed by atoms with E-state index >= 15 is 0 Å². The van der Waals surface area contributed by atoms with E-state index in [-0.39, 0.29) is 23.2 Å². The van der Waals surface area contributed by atoms with Gasteiger partial charge in [0.15, 0.2) is 5.70 Å². The van der Waals surface area contributed by atoms with Crippen LogP contribution in [0.3, 0.4) is 0 Å². The van der Waals surface area contributed by atoms with Crippen LogP contribution < -0.4 is 4.90 Å². The van der Waals surface area contributed by atoms with Crippen molar-refractivity contribution in [2.24, 2.45) is 4.99 Å². The fraction of sp³-hybridized carbons (Fsp3) is 0.150. The van der Waals surface area contributed by atoms with Crippen LogP contribution in [0.5, 0.6) is 0 Å². The summed E-state index contributed by atoms with van der Waals surface area (Å²) >= 11 is 0. The van der Waals surface area contributed by atoms with E-state index in [2.05, 4.69) is 4.99 Å². The lowest BCUT2D eigenvalue weighted by atomic mass is 10.2. The van der Waals surface area contributed by atoms with Gasteiger partial charge in [0, 0.05) is 36.3 Å². The Morgan fingerprint density at radius 1 is 1.07 bits per heavy atom. The third-order valence-corrected chi connectivity index (χ3v) is 4.53. The first-order valence-corrected chi connectivity index (χ1v) is 8.69. The Bertz CT molecular complexity index is 1020. The van der Waals surface area contributed by atoms with Crippen LogP contribution in [0.15, 0.2) is 59.2 Å². The molecule has 0 unspecified atom stereocenters. The summed E-state index contributed by atoms with van der Waals surface area (Å²) in [6.07, 6.45) is 2.92. The highest BCUT2D eigenvalue weighted by Gasteiger charge is 2.25. The number of nitrogens with zero attached hydrogens (tertiary/aromatic N) is 3. The van der Waals surface area contributed by atoms with Gasteiger partial charge in [0.1, 0.15) is 0 Å². The van der Waals surface area contributed by atoms with Crippen molar-refractivity contribution in [3.05, 3.63) is 75.5 Å². The monoisotopic (exact) mass is 377 g/mol. The second kappa shape index (κ2) is 7.07. The molecule has 0 aliphatic carbocycles. The Hall–Kier alpha value is -3.81. The number of nitro groups is 1. The molecular weight excluding hydrogens is 362 g/mol. The molecule has 0 radical (unpaired) electrons. The topological polar surface area (TPSA) is 102 Å². The molecule has 2 aromatic carbocycles. The molecule has 2 heterocycles. The number of amides is 1. The normalized spacial score (nSPS) is 17.8. The molecule has 0 spiro atoms. The van der Waals surface area contributed by atoms with E-state index < -0.39 is 10.9 Å². The van der Waals surface area contributed by atoms with Gasteiger partial charge < -0.3 is 9.64 Å². The maximum atomic E-state index is 12.1. The highest BCUT2D eigenvalue weighted by molar-refractivity contribution is 6.13. The Morgan fingerprint density at radius 2 is 1.79 bits per heavy atom. The molecule has 8 heteroatoms. The molecule has 0 bridgehead atoms. The van der Waals surface area contributed by atoms with Crippen LogP contribution in [0.4, 0.5) is 11.4 Å². The Labute approximate surface area is 159 Å². The molecule has 8 nitrogen and oxygen atoms in total. The summed E-state index contributed by atoms with van der Waals surface area (Å²) in [4.78, 5) is 40.1. The van der Waals surface area contributed by atoms with Gasteiger partial charge >= 0.3 is 5.97 Å². The van der Waals surface area contributed by atoms with Gasteiger partial charge in [0.05, 0.1) is 4.92 Å². The third kappa shape index (κ3) is 3.39. The number of hydrogen-bond acceptors (Lipinski definition) is 6. The summed E-state index contributed by atoms with van der Waals surface area (Å²) in [5, 5.41) is 10.7. The summed E-state index contributed by atoms with van der Waals surface area (Å²) in [6, 6.07) is 12.9. The van der Waals surface area contributed by atoms with Crippen LogP contribution in [-0.2, 0) is 14.3 Å². The van der Waals surface area contributed by atoms with Crippen LogP contribution in [0.25, 0.3) is 6.08 Å². The molecule has 4 rings (SSSR count). The number of ether oxygens (including phenoxy) is 1. The third-order valence-electron chi connectivity index (χ3n) is 4.53. The van der Waals surface area contributed by atoms with E-state index in [4.69, 9.17) is 4.74 Å². The van der Waals surface area contributed by atoms with Crippen molar-refractivity contribution in [3.63, 3.8) is 0 Å². The predicted octanol–water partition coefficient (Wildman–Crippen LogP) is 3.07. The van der Waals surface area contributed by atoms with Gasteiger partial charge in [-0.1, -0.05) is 0 Å². The summed E-state index contributed by atoms with van der Waals surface area (Å²) in [7, 11) is 0. The molecule has 2 aliphatic rings. The van der Waals surface area contributed by atoms with Gasteiger partial charge in [-0.3, -0.25) is 14.9 Å². The smallest absolute Gasteiger partial charge is 0.363 e. The van der Waals surface area contributed by atoms with Crippen molar-refractivity contribution < 1.29 is 19.2 Å². The predicted molar refractivity (Wildman–Crippen MR) is 102 cm³/mol. The summed E-state index contributed by atoms with van der Waals surface area (Å²) < 4.78 is 5.23. The van der Waals surface area contributed by atoms with Crippen molar-refractivity contribution in [2.75, 3.05) is 11.4 Å². The molecule has 28 heavy (non-hydrogen) atoms. The lowest BCUT2D eigenvalue weighted by Crippen LogP contribution is -2.23. The van der Waals surface area contributed by atoms with Gasteiger partial charge in [-0.05, 0) is 54.5 Å². The Balaban J connectivity index is 1.55. The number of non-ortho nitro benzene ring substituents is 1. The van der Waals surface area contributed by atoms with Crippen molar-refractivity contribution >= 4 is 35.2 Å². The second-order valence-electron chi connectivity index (χ2n) is 6.38. The zero-order valence-corrected chi connectivity index (χ0v) is 14.7. The highest BCUT2D eigenvalue weighted by atomic mass is 16.6. The highest BCUT2D eigenvalue weighted by Crippen LogP contribution is 2.24. The van der Waals surface area contributed by atoms with Gasteiger partial charge in [0.25, 0.3) is 5.69 Å². The van der Waals surface area contributed by atoms with Gasteiger partial charge in [-0.25, -0.2) is 9.79 Å². The fourth-order valence-corrected chi connectivity index (χ4v) is 3.09. The van der Waals surface area contributed by atoms with E-state index in [1.54, 1.807) is 29.2 Å². The number of aliphatic imine (C=N–C) groups is 1. The molecule has 1 fully saturated rings. The SMILES string of the molecule is O=C1OC(c2ccc(N3CCCC3=O)cc2)=NC1=Cc1ccc([N+](=O)[O-])cc1. The van der Waals surface area contributed by atoms with Crippen LogP contribution in [0, 0.1) is 10.1 Å². The average molecular weight is 377 g/mol. The molecule has 0 aromatic heterocycles. The summed E-state index contributed by atoms with van der Waals surface area (Å²) in [5.74, 6) is -0.310. The minimum absolute atomic E-state index is 0.0306. The summed E-state index contributed by atoms with van der Waals surface area (Å²) in [6.45, 7) is 0.705. The van der Waals surface area contributed by atoms with Gasteiger partial charge in [0.2, 0.25) is 11.8 Å². The molecule has 0 N–H and O–H groups in total. The van der Waals surface area contributed by atoms with Gasteiger partial charge in [-0.2, -0.15) is 0 Å². The van der Waals surface area contributed by atoms with Crippen LogP contribution in [0.2, 0.25) is 0 Å². The largest absolute Gasteiger partial charge is 0.402 e. The van der Waals surface area contributed by atoms with Crippen molar-refractivity contribution in [2.45, 2.75) is 12.8 Å². The van der Waals surface area contributed by atoms with Crippen molar-refractivity contribution in [1.29, 1.82) is 0 Å². The lowest BCUT2D eigenvalue weighted by molar-refractivity contribution is -0.384. The first kappa shape index (κ1) is 17.6. The van der Waals surface area contributed by atoms with Crippen molar-refractivity contribution in [3.8, 4) is 0 Å². The minimum atomic E-state index is -0.591. The number of hydrogen-bond donors (Lipinski definition) is 0. The van der Waals surface area contributed by atoms with Crippen LogP contribution >= 0.6 is 0 Å². The van der Waals surface area contributed by atoms with Crippen molar-refractivity contribution in [1.82, 2.24) is 0 Å². The number of nitro benzene ring substituents is 1. The number of rotatable bonds is 4.